The van der Waals surface area contributed by atoms with Crippen LogP contribution in [0.1, 0.15) is 38.1 Å². The van der Waals surface area contributed by atoms with Gasteiger partial charge < -0.3 is 34.8 Å². The van der Waals surface area contributed by atoms with Gasteiger partial charge in [-0.1, -0.05) is 6.92 Å². The number of methoxy groups -OCH3 is 1. The molecule has 0 aliphatic carbocycles. The van der Waals surface area contributed by atoms with E-state index < -0.39 is 0 Å². The van der Waals surface area contributed by atoms with E-state index in [1.165, 1.54) is 0 Å². The van der Waals surface area contributed by atoms with Crippen molar-refractivity contribution in [2.45, 2.75) is 45.9 Å². The number of nitrogens with zero attached hydrogens (tertiary/aromatic N) is 3. The van der Waals surface area contributed by atoms with Crippen LogP contribution in [0.25, 0.3) is 0 Å². The molecule has 0 saturated carbocycles. The van der Waals surface area contributed by atoms with Crippen molar-refractivity contribution in [3.63, 3.8) is 0 Å². The molecule has 1 aliphatic heterocycles. The lowest BCUT2D eigenvalue weighted by Crippen LogP contribution is -2.50. The largest absolute Gasteiger partial charge is 0.491 e. The minimum atomic E-state index is -0.345. The molecule has 0 spiro atoms. The molecule has 0 radical (unpaired) electrons. The number of anilines is 1. The van der Waals surface area contributed by atoms with Gasteiger partial charge in [0.25, 0.3) is 5.91 Å². The molecule has 2 rings (SSSR count). The number of carbonyl (C=O) groups excluding carboxylic acids is 3. The van der Waals surface area contributed by atoms with Crippen molar-refractivity contribution >= 4 is 23.5 Å². The van der Waals surface area contributed by atoms with Gasteiger partial charge in [0.2, 0.25) is 5.91 Å². The van der Waals surface area contributed by atoms with E-state index in [-0.39, 0.29) is 55.1 Å². The summed E-state index contributed by atoms with van der Waals surface area (Å²) in [6, 6.07) is 4.35. The van der Waals surface area contributed by atoms with Crippen LogP contribution in [-0.4, -0.2) is 105 Å². The molecule has 10 heteroatoms. The number of hydrogen-bond donors (Lipinski definition) is 2. The highest BCUT2D eigenvalue weighted by atomic mass is 16.5. The second-order valence-electron chi connectivity index (χ2n) is 9.85. The van der Waals surface area contributed by atoms with E-state index in [1.807, 2.05) is 51.6 Å². The van der Waals surface area contributed by atoms with E-state index in [0.717, 1.165) is 0 Å². The molecule has 1 aromatic carbocycles. The number of benzene rings is 1. The van der Waals surface area contributed by atoms with Crippen LogP contribution in [-0.2, 0) is 9.53 Å². The maximum Gasteiger partial charge on any atom is 0.319 e. The summed E-state index contributed by atoms with van der Waals surface area (Å²) >= 11 is 0. The van der Waals surface area contributed by atoms with Crippen molar-refractivity contribution in [2.24, 2.45) is 5.92 Å². The minimum absolute atomic E-state index is 0.00436. The van der Waals surface area contributed by atoms with Crippen LogP contribution < -0.4 is 15.4 Å². The fourth-order valence-corrected chi connectivity index (χ4v) is 3.99. The van der Waals surface area contributed by atoms with E-state index in [1.54, 1.807) is 37.3 Å². The lowest BCUT2D eigenvalue weighted by molar-refractivity contribution is -0.136. The number of rotatable bonds is 5. The second-order valence-corrected chi connectivity index (χ2v) is 9.85. The van der Waals surface area contributed by atoms with Gasteiger partial charge in [0.15, 0.2) is 0 Å². The zero-order valence-electron chi connectivity index (χ0n) is 22.3. The first-order valence-corrected chi connectivity index (χ1v) is 12.0. The van der Waals surface area contributed by atoms with Crippen molar-refractivity contribution in [2.75, 3.05) is 59.8 Å². The van der Waals surface area contributed by atoms with E-state index in [4.69, 9.17) is 9.47 Å². The van der Waals surface area contributed by atoms with Gasteiger partial charge >= 0.3 is 6.03 Å². The molecule has 1 heterocycles. The summed E-state index contributed by atoms with van der Waals surface area (Å²) in [5, 5.41) is 5.54. The molecule has 196 valence electrons. The zero-order chi connectivity index (χ0) is 26.3. The van der Waals surface area contributed by atoms with Crippen LogP contribution in [0.15, 0.2) is 18.2 Å². The molecule has 35 heavy (non-hydrogen) atoms. The summed E-state index contributed by atoms with van der Waals surface area (Å²) < 4.78 is 11.8. The van der Waals surface area contributed by atoms with Crippen LogP contribution in [0.5, 0.6) is 5.75 Å². The van der Waals surface area contributed by atoms with E-state index in [9.17, 15) is 14.4 Å². The lowest BCUT2D eigenvalue weighted by atomic mass is 10.0. The number of carbonyl (C=O) groups is 3. The van der Waals surface area contributed by atoms with Crippen molar-refractivity contribution in [1.29, 1.82) is 0 Å². The average molecular weight is 492 g/mol. The Bertz CT molecular complexity index is 891. The molecule has 0 bridgehead atoms. The van der Waals surface area contributed by atoms with Crippen LogP contribution in [0.2, 0.25) is 0 Å². The van der Waals surface area contributed by atoms with Gasteiger partial charge in [0.05, 0.1) is 24.3 Å². The Labute approximate surface area is 208 Å². The van der Waals surface area contributed by atoms with Gasteiger partial charge in [-0.3, -0.25) is 9.59 Å². The summed E-state index contributed by atoms with van der Waals surface area (Å²) in [5.41, 5.74) is 0.879. The molecule has 2 N–H and O–H groups in total. The van der Waals surface area contributed by atoms with Crippen molar-refractivity contribution in [3.05, 3.63) is 23.8 Å². The zero-order valence-corrected chi connectivity index (χ0v) is 22.3. The highest BCUT2D eigenvalue weighted by molar-refractivity contribution is 5.98. The smallest absolute Gasteiger partial charge is 0.319 e. The number of hydrogen-bond acceptors (Lipinski definition) is 6. The molecular weight excluding hydrogens is 450 g/mol. The monoisotopic (exact) mass is 491 g/mol. The molecule has 4 amide bonds. The molecule has 0 unspecified atom stereocenters. The predicted molar refractivity (Wildman–Crippen MR) is 136 cm³/mol. The number of ether oxygens (including phenoxy) is 2. The normalized spacial score (nSPS) is 21.7. The molecular formula is C25H41N5O5. The Hall–Kier alpha value is -2.85. The third-order valence-corrected chi connectivity index (χ3v) is 5.90. The topological polar surface area (TPSA) is 103 Å². The average Bonchev–Trinajstić information content (AvgIpc) is 2.76. The lowest BCUT2D eigenvalue weighted by Gasteiger charge is -2.36. The van der Waals surface area contributed by atoms with E-state index in [0.29, 0.717) is 30.1 Å². The van der Waals surface area contributed by atoms with Gasteiger partial charge in [-0.25, -0.2) is 4.79 Å². The first-order valence-electron chi connectivity index (χ1n) is 12.0. The molecule has 10 nitrogen and oxygen atoms in total. The summed E-state index contributed by atoms with van der Waals surface area (Å²) in [4.78, 5) is 43.8. The number of urea groups is 1. The Kier molecular flexibility index (Phi) is 10.3. The van der Waals surface area contributed by atoms with Crippen LogP contribution >= 0.6 is 0 Å². The third-order valence-electron chi connectivity index (χ3n) is 5.90. The summed E-state index contributed by atoms with van der Waals surface area (Å²) in [7, 11) is 7.06. The Morgan fingerprint density at radius 3 is 2.51 bits per heavy atom. The van der Waals surface area contributed by atoms with Gasteiger partial charge in [0, 0.05) is 51.0 Å². The first-order chi connectivity index (χ1) is 16.4. The van der Waals surface area contributed by atoms with Crippen molar-refractivity contribution in [1.82, 2.24) is 20.0 Å². The number of fused-ring (bicyclic) bond motifs is 1. The Balaban J connectivity index is 2.42. The van der Waals surface area contributed by atoms with E-state index in [2.05, 4.69) is 10.6 Å². The standard InChI is InChI=1S/C25H41N5O5/c1-16(2)26-25(33)27-19-9-10-20-21(11-19)35-15-18(4)30(23(31)14-28(5)6)12-17(3)22(34-8)13-29(7)24(20)32/h9-11,16-18,22H,12-15H2,1-8H3,(H2,26,27,33)/t17-,18+,22+/m1/s1. The molecule has 0 saturated heterocycles. The quantitative estimate of drug-likeness (QED) is 0.654. The van der Waals surface area contributed by atoms with Crippen molar-refractivity contribution < 1.29 is 23.9 Å². The summed E-state index contributed by atoms with van der Waals surface area (Å²) in [5.74, 6) is 0.129. The van der Waals surface area contributed by atoms with Gasteiger partial charge in [-0.15, -0.1) is 0 Å². The summed E-state index contributed by atoms with van der Waals surface area (Å²) in [6.07, 6.45) is -0.254. The highest BCUT2D eigenvalue weighted by Gasteiger charge is 2.30. The minimum Gasteiger partial charge on any atom is -0.491 e. The fourth-order valence-electron chi connectivity index (χ4n) is 3.99. The number of amides is 4. The fraction of sp³-hybridized carbons (Fsp3) is 0.640. The van der Waals surface area contributed by atoms with Crippen LogP contribution in [0, 0.1) is 5.92 Å². The van der Waals surface area contributed by atoms with Gasteiger partial charge in [-0.2, -0.15) is 0 Å². The molecule has 0 aromatic heterocycles. The number of likely N-dealkylation sites (N-methyl/N-ethyl adjacent to an activating group) is 2. The Morgan fingerprint density at radius 2 is 1.91 bits per heavy atom. The molecule has 1 aliphatic rings. The third kappa shape index (κ3) is 8.10. The summed E-state index contributed by atoms with van der Waals surface area (Å²) in [6.45, 7) is 9.00. The maximum absolute atomic E-state index is 13.3. The van der Waals surface area contributed by atoms with E-state index >= 15 is 0 Å². The molecule has 0 fully saturated rings. The van der Waals surface area contributed by atoms with Crippen molar-refractivity contribution in [3.8, 4) is 5.75 Å². The van der Waals surface area contributed by atoms with Crippen LogP contribution in [0.3, 0.4) is 0 Å². The Morgan fingerprint density at radius 1 is 1.23 bits per heavy atom. The van der Waals surface area contributed by atoms with Crippen LogP contribution in [0.4, 0.5) is 10.5 Å². The predicted octanol–water partition coefficient (Wildman–Crippen LogP) is 2.11. The molecule has 1 aromatic rings. The first kappa shape index (κ1) is 28.4. The highest BCUT2D eigenvalue weighted by Crippen LogP contribution is 2.27. The van der Waals surface area contributed by atoms with Gasteiger partial charge in [0.1, 0.15) is 12.4 Å². The molecule has 3 atom stereocenters. The SMILES string of the molecule is CO[C@H]1CN(C)C(=O)c2ccc(NC(=O)NC(C)C)cc2OC[C@H](C)N(C(=O)CN(C)C)C[C@H]1C. The maximum atomic E-state index is 13.3. The van der Waals surface area contributed by atoms with Gasteiger partial charge in [-0.05, 0) is 47.0 Å². The number of nitrogens with one attached hydrogen (secondary N) is 2. The second kappa shape index (κ2) is 12.7.